The molecule has 1 aromatic heterocycles. The number of nitrogens with zero attached hydrogens (tertiary/aromatic N) is 1. The molecular weight excluding hydrogens is 264 g/mol. The third kappa shape index (κ3) is 1.86. The number of aromatic nitrogens is 2. The second-order valence-electron chi connectivity index (χ2n) is 5.26. The van der Waals surface area contributed by atoms with Crippen molar-refractivity contribution in [2.45, 2.75) is 19.3 Å². The van der Waals surface area contributed by atoms with Crippen molar-refractivity contribution < 1.29 is 0 Å². The zero-order chi connectivity index (χ0) is 13.5. The molecule has 0 radical (unpaired) electrons. The predicted molar refractivity (Wildman–Crippen MR) is 84.4 cm³/mol. The lowest BCUT2D eigenvalue weighted by molar-refractivity contribution is 0.899. The molecule has 1 aliphatic rings. The smallest absolute Gasteiger partial charge is 0.139 e. The van der Waals surface area contributed by atoms with E-state index in [1.165, 1.54) is 28.5 Å². The monoisotopic (exact) mass is 278 g/mol. The molecule has 0 unspecified atom stereocenters. The maximum Gasteiger partial charge on any atom is 0.139 e. The number of rotatable bonds is 1. The topological polar surface area (TPSA) is 28.7 Å². The van der Waals surface area contributed by atoms with Crippen molar-refractivity contribution in [1.29, 1.82) is 0 Å². The average Bonchev–Trinajstić information content (AvgIpc) is 2.96. The number of fused-ring (bicyclic) bond motifs is 2. The van der Waals surface area contributed by atoms with Gasteiger partial charge in [0.15, 0.2) is 0 Å². The van der Waals surface area contributed by atoms with Crippen LogP contribution >= 0.6 is 12.2 Å². The molecule has 0 saturated heterocycles. The summed E-state index contributed by atoms with van der Waals surface area (Å²) in [6.45, 7) is 0. The van der Waals surface area contributed by atoms with Crippen LogP contribution in [0.4, 0.5) is 0 Å². The second kappa shape index (κ2) is 4.53. The Hall–Kier alpha value is -2.00. The van der Waals surface area contributed by atoms with Crippen LogP contribution in [0.15, 0.2) is 42.5 Å². The molecule has 0 aliphatic heterocycles. The molecule has 20 heavy (non-hydrogen) atoms. The van der Waals surface area contributed by atoms with E-state index >= 15 is 0 Å². The first-order chi connectivity index (χ1) is 9.81. The summed E-state index contributed by atoms with van der Waals surface area (Å²) in [6, 6.07) is 14.8. The quantitative estimate of drug-likeness (QED) is 0.666. The van der Waals surface area contributed by atoms with E-state index in [4.69, 9.17) is 12.2 Å². The van der Waals surface area contributed by atoms with Gasteiger partial charge in [-0.3, -0.25) is 0 Å². The molecule has 0 fully saturated rings. The van der Waals surface area contributed by atoms with Crippen LogP contribution in [0.2, 0.25) is 0 Å². The van der Waals surface area contributed by atoms with Gasteiger partial charge in [0.05, 0.1) is 0 Å². The van der Waals surface area contributed by atoms with E-state index < -0.39 is 0 Å². The number of H-pyrrole nitrogens is 1. The Labute approximate surface area is 122 Å². The van der Waals surface area contributed by atoms with E-state index in [-0.39, 0.29) is 0 Å². The fourth-order valence-electron chi connectivity index (χ4n) is 2.93. The Morgan fingerprint density at radius 2 is 1.85 bits per heavy atom. The first kappa shape index (κ1) is 11.8. The normalized spacial score (nSPS) is 13.6. The van der Waals surface area contributed by atoms with E-state index in [9.17, 15) is 0 Å². The number of aryl methyl sites for hydroxylation is 1. The fraction of sp³-hybridized carbons (Fsp3) is 0.176. The van der Waals surface area contributed by atoms with Crippen molar-refractivity contribution >= 4 is 23.0 Å². The summed E-state index contributed by atoms with van der Waals surface area (Å²) in [5.74, 6) is 0.890. The largest absolute Gasteiger partial charge is 0.343 e. The van der Waals surface area contributed by atoms with Crippen LogP contribution in [0.25, 0.3) is 22.2 Å². The highest BCUT2D eigenvalue weighted by atomic mass is 32.1. The summed E-state index contributed by atoms with van der Waals surface area (Å²) in [5.41, 5.74) is 3.61. The minimum atomic E-state index is 0.763. The summed E-state index contributed by atoms with van der Waals surface area (Å²) in [5, 5.41) is 2.47. The van der Waals surface area contributed by atoms with Gasteiger partial charge >= 0.3 is 0 Å². The van der Waals surface area contributed by atoms with E-state index in [1.54, 1.807) is 0 Å². The van der Waals surface area contributed by atoms with Crippen LogP contribution in [-0.4, -0.2) is 9.97 Å². The Balaban J connectivity index is 1.91. The molecular formula is C17H14N2S. The molecule has 0 bridgehead atoms. The van der Waals surface area contributed by atoms with Gasteiger partial charge in [0.25, 0.3) is 0 Å². The van der Waals surface area contributed by atoms with Crippen molar-refractivity contribution in [2.24, 2.45) is 0 Å². The van der Waals surface area contributed by atoms with E-state index in [0.29, 0.717) is 0 Å². The molecule has 1 heterocycles. The van der Waals surface area contributed by atoms with Crippen LogP contribution in [0, 0.1) is 4.64 Å². The van der Waals surface area contributed by atoms with Crippen LogP contribution < -0.4 is 0 Å². The molecule has 1 N–H and O–H groups in total. The van der Waals surface area contributed by atoms with Crippen molar-refractivity contribution in [3.8, 4) is 11.4 Å². The number of hydrogen-bond donors (Lipinski definition) is 1. The molecule has 3 heteroatoms. The zero-order valence-corrected chi connectivity index (χ0v) is 11.8. The van der Waals surface area contributed by atoms with Crippen LogP contribution in [0.5, 0.6) is 0 Å². The first-order valence-corrected chi connectivity index (χ1v) is 7.33. The minimum Gasteiger partial charge on any atom is -0.343 e. The van der Waals surface area contributed by atoms with Gasteiger partial charge in [-0.1, -0.05) is 48.6 Å². The standard InChI is InChI=1S/C17H14N2S/c20-17-14-6-3-7-15(14)18-16(19-17)13-9-8-11-4-1-2-5-12(11)10-13/h1-2,4-5,8-10H,3,6-7H2,(H,18,19,20). The average molecular weight is 278 g/mol. The summed E-state index contributed by atoms with van der Waals surface area (Å²) >= 11 is 5.43. The lowest BCUT2D eigenvalue weighted by atomic mass is 10.1. The van der Waals surface area contributed by atoms with Gasteiger partial charge in [-0.25, -0.2) is 4.98 Å². The third-order valence-electron chi connectivity index (χ3n) is 3.98. The molecule has 0 amide bonds. The highest BCUT2D eigenvalue weighted by molar-refractivity contribution is 7.71. The van der Waals surface area contributed by atoms with Crippen molar-refractivity contribution in [3.05, 3.63) is 58.4 Å². The molecule has 1 aliphatic carbocycles. The van der Waals surface area contributed by atoms with Gasteiger partial charge < -0.3 is 4.98 Å². The van der Waals surface area contributed by atoms with Gasteiger partial charge in [-0.05, 0) is 36.1 Å². The van der Waals surface area contributed by atoms with Gasteiger partial charge in [0, 0.05) is 16.8 Å². The summed E-state index contributed by atoms with van der Waals surface area (Å²) in [4.78, 5) is 8.05. The summed E-state index contributed by atoms with van der Waals surface area (Å²) in [6.07, 6.45) is 3.33. The molecule has 98 valence electrons. The van der Waals surface area contributed by atoms with Crippen LogP contribution in [0.3, 0.4) is 0 Å². The lowest BCUT2D eigenvalue weighted by Gasteiger charge is -2.07. The van der Waals surface area contributed by atoms with E-state index in [2.05, 4.69) is 52.4 Å². The maximum atomic E-state index is 5.43. The summed E-state index contributed by atoms with van der Waals surface area (Å²) in [7, 11) is 0. The van der Waals surface area contributed by atoms with Gasteiger partial charge in [-0.2, -0.15) is 0 Å². The fourth-order valence-corrected chi connectivity index (χ4v) is 3.25. The van der Waals surface area contributed by atoms with Crippen molar-refractivity contribution in [2.75, 3.05) is 0 Å². The highest BCUT2D eigenvalue weighted by Gasteiger charge is 2.15. The van der Waals surface area contributed by atoms with E-state index in [1.807, 2.05) is 0 Å². The number of hydrogen-bond acceptors (Lipinski definition) is 2. The first-order valence-electron chi connectivity index (χ1n) is 6.92. The zero-order valence-electron chi connectivity index (χ0n) is 11.0. The second-order valence-corrected chi connectivity index (χ2v) is 5.65. The van der Waals surface area contributed by atoms with Crippen LogP contribution in [-0.2, 0) is 12.8 Å². The Morgan fingerprint density at radius 1 is 1.00 bits per heavy atom. The predicted octanol–water partition coefficient (Wildman–Crippen LogP) is 4.45. The van der Waals surface area contributed by atoms with Gasteiger partial charge in [-0.15, -0.1) is 0 Å². The molecule has 2 nitrogen and oxygen atoms in total. The lowest BCUT2D eigenvalue weighted by Crippen LogP contribution is -1.97. The highest BCUT2D eigenvalue weighted by Crippen LogP contribution is 2.26. The van der Waals surface area contributed by atoms with Crippen LogP contribution in [0.1, 0.15) is 17.7 Å². The Kier molecular flexibility index (Phi) is 2.67. The molecule has 0 saturated carbocycles. The third-order valence-corrected chi connectivity index (χ3v) is 4.32. The van der Waals surface area contributed by atoms with E-state index in [0.717, 1.165) is 28.9 Å². The van der Waals surface area contributed by atoms with Gasteiger partial charge in [0.2, 0.25) is 0 Å². The summed E-state index contributed by atoms with van der Waals surface area (Å²) < 4.78 is 0.763. The minimum absolute atomic E-state index is 0.763. The maximum absolute atomic E-state index is 5.43. The molecule has 2 aromatic carbocycles. The SMILES string of the molecule is S=c1nc(-c2ccc3ccccc3c2)[nH]c2c1CCC2. The number of nitrogens with one attached hydrogen (secondary N) is 1. The molecule has 3 aromatic rings. The molecule has 0 spiro atoms. The Bertz CT molecular complexity index is 864. The van der Waals surface area contributed by atoms with Crippen molar-refractivity contribution in [3.63, 3.8) is 0 Å². The van der Waals surface area contributed by atoms with Gasteiger partial charge in [0.1, 0.15) is 10.5 Å². The Morgan fingerprint density at radius 3 is 2.75 bits per heavy atom. The number of aromatic amines is 1. The molecule has 4 rings (SSSR count). The van der Waals surface area contributed by atoms with Crippen molar-refractivity contribution in [1.82, 2.24) is 9.97 Å². The number of benzene rings is 2. The molecule has 0 atom stereocenters.